The molecular formula is C24H20Cl2FN3O3. The highest BCUT2D eigenvalue weighted by Gasteiger charge is 2.18. The van der Waals surface area contributed by atoms with Crippen LogP contribution in [0, 0.1) is 19.7 Å². The molecule has 0 saturated heterocycles. The van der Waals surface area contributed by atoms with Crippen molar-refractivity contribution in [2.45, 2.75) is 27.0 Å². The Morgan fingerprint density at radius 1 is 1.12 bits per heavy atom. The van der Waals surface area contributed by atoms with Crippen LogP contribution >= 0.6 is 23.2 Å². The molecule has 1 N–H and O–H groups in total. The zero-order chi connectivity index (χ0) is 23.5. The Morgan fingerprint density at radius 2 is 1.91 bits per heavy atom. The van der Waals surface area contributed by atoms with Gasteiger partial charge in [0.1, 0.15) is 23.9 Å². The molecule has 6 nitrogen and oxygen atoms in total. The van der Waals surface area contributed by atoms with Crippen LogP contribution in [0.15, 0.2) is 59.0 Å². The number of aromatic nitrogens is 2. The summed E-state index contributed by atoms with van der Waals surface area (Å²) in [5, 5.41) is 8.14. The van der Waals surface area contributed by atoms with E-state index in [0.29, 0.717) is 39.5 Å². The summed E-state index contributed by atoms with van der Waals surface area (Å²) in [6, 6.07) is 14.6. The molecule has 1 amide bonds. The first-order valence-electron chi connectivity index (χ1n) is 10.1. The number of hydrogen-bond acceptors (Lipinski definition) is 4. The number of ether oxygens (including phenoxy) is 1. The van der Waals surface area contributed by atoms with Crippen LogP contribution in [0.5, 0.6) is 5.75 Å². The van der Waals surface area contributed by atoms with Crippen molar-refractivity contribution in [1.29, 1.82) is 0 Å². The molecule has 0 atom stereocenters. The molecule has 0 bridgehead atoms. The third kappa shape index (κ3) is 5.21. The molecule has 0 unspecified atom stereocenters. The van der Waals surface area contributed by atoms with Crippen LogP contribution in [0.4, 0.5) is 10.1 Å². The molecule has 0 spiro atoms. The van der Waals surface area contributed by atoms with Gasteiger partial charge in [-0.2, -0.15) is 5.10 Å². The lowest BCUT2D eigenvalue weighted by Crippen LogP contribution is -2.12. The maximum Gasteiger partial charge on any atom is 0.291 e. The summed E-state index contributed by atoms with van der Waals surface area (Å²) in [6.07, 6.45) is 0. The summed E-state index contributed by atoms with van der Waals surface area (Å²) < 4.78 is 26.3. The second-order valence-electron chi connectivity index (χ2n) is 7.38. The summed E-state index contributed by atoms with van der Waals surface area (Å²) in [7, 11) is 0. The largest absolute Gasteiger partial charge is 0.484 e. The number of hydrogen-bond donors (Lipinski definition) is 1. The zero-order valence-electron chi connectivity index (χ0n) is 17.9. The van der Waals surface area contributed by atoms with Crippen molar-refractivity contribution in [1.82, 2.24) is 9.78 Å². The van der Waals surface area contributed by atoms with E-state index in [-0.39, 0.29) is 12.4 Å². The van der Waals surface area contributed by atoms with E-state index in [2.05, 4.69) is 10.4 Å². The highest BCUT2D eigenvalue weighted by atomic mass is 35.5. The second-order valence-corrected chi connectivity index (χ2v) is 8.19. The molecule has 4 rings (SSSR count). The highest BCUT2D eigenvalue weighted by molar-refractivity contribution is 6.32. The Labute approximate surface area is 199 Å². The van der Waals surface area contributed by atoms with Crippen molar-refractivity contribution >= 4 is 34.8 Å². The van der Waals surface area contributed by atoms with Crippen LogP contribution in [0.1, 0.15) is 33.3 Å². The van der Waals surface area contributed by atoms with Gasteiger partial charge < -0.3 is 14.5 Å². The van der Waals surface area contributed by atoms with Gasteiger partial charge in [0.15, 0.2) is 5.76 Å². The number of benzene rings is 2. The van der Waals surface area contributed by atoms with Gasteiger partial charge in [-0.1, -0.05) is 41.4 Å². The number of nitrogens with zero attached hydrogens (tertiary/aromatic N) is 2. The van der Waals surface area contributed by atoms with E-state index >= 15 is 0 Å². The Morgan fingerprint density at radius 3 is 2.67 bits per heavy atom. The van der Waals surface area contributed by atoms with Crippen LogP contribution < -0.4 is 10.1 Å². The molecule has 0 aliphatic carbocycles. The number of carbonyl (C=O) groups is 1. The number of amides is 1. The molecule has 0 aliphatic heterocycles. The normalized spacial score (nSPS) is 10.9. The smallest absolute Gasteiger partial charge is 0.291 e. The minimum atomic E-state index is -0.412. The topological polar surface area (TPSA) is 69.3 Å². The molecule has 4 aromatic rings. The van der Waals surface area contributed by atoms with Crippen molar-refractivity contribution in [3.63, 3.8) is 0 Å². The summed E-state index contributed by atoms with van der Waals surface area (Å²) in [6.45, 7) is 4.09. The number of aryl methyl sites for hydroxylation is 1. The van der Waals surface area contributed by atoms with E-state index in [1.807, 2.05) is 19.1 Å². The Kier molecular flexibility index (Phi) is 6.72. The van der Waals surface area contributed by atoms with Crippen molar-refractivity contribution in [2.24, 2.45) is 0 Å². The van der Waals surface area contributed by atoms with Crippen LogP contribution in [0.2, 0.25) is 10.0 Å². The zero-order valence-corrected chi connectivity index (χ0v) is 19.4. The Hall–Kier alpha value is -3.29. The van der Waals surface area contributed by atoms with Gasteiger partial charge in [0, 0.05) is 5.02 Å². The lowest BCUT2D eigenvalue weighted by atomic mass is 10.2. The standard InChI is InChI=1S/C24H20Cl2FN3O3/c1-14-23(15(2)30(29-14)12-16-7-8-17(27)11-20(16)26)28-24(31)22-10-9-18(33-22)13-32-21-6-4-3-5-19(21)25/h3-11H,12-13H2,1-2H3,(H,28,31). The van der Waals surface area contributed by atoms with Crippen LogP contribution in [0.25, 0.3) is 0 Å². The number of furan rings is 1. The van der Waals surface area contributed by atoms with E-state index in [1.54, 1.807) is 41.9 Å². The number of para-hydroxylation sites is 1. The number of anilines is 1. The molecule has 2 aromatic heterocycles. The van der Waals surface area contributed by atoms with Gasteiger partial charge in [0.25, 0.3) is 5.91 Å². The first kappa shape index (κ1) is 22.9. The van der Waals surface area contributed by atoms with Gasteiger partial charge in [0.2, 0.25) is 0 Å². The molecular weight excluding hydrogens is 468 g/mol. The van der Waals surface area contributed by atoms with Crippen LogP contribution in [-0.2, 0) is 13.2 Å². The number of nitrogens with one attached hydrogen (secondary N) is 1. The number of carbonyl (C=O) groups excluding carboxylic acids is 1. The van der Waals surface area contributed by atoms with Gasteiger partial charge in [-0.05, 0) is 55.8 Å². The molecule has 9 heteroatoms. The lowest BCUT2D eigenvalue weighted by Gasteiger charge is -2.08. The van der Waals surface area contributed by atoms with Gasteiger partial charge in [-0.3, -0.25) is 9.48 Å². The third-order valence-electron chi connectivity index (χ3n) is 5.05. The quantitative estimate of drug-likeness (QED) is 0.326. The van der Waals surface area contributed by atoms with Crippen LogP contribution in [-0.4, -0.2) is 15.7 Å². The second kappa shape index (κ2) is 9.68. The highest BCUT2D eigenvalue weighted by Crippen LogP contribution is 2.26. The maximum absolute atomic E-state index is 13.3. The van der Waals surface area contributed by atoms with Crippen LogP contribution in [0.3, 0.4) is 0 Å². The van der Waals surface area contributed by atoms with Crippen molar-refractivity contribution in [3.05, 3.63) is 98.9 Å². The number of halogens is 3. The molecule has 0 aliphatic rings. The first-order valence-corrected chi connectivity index (χ1v) is 10.8. The lowest BCUT2D eigenvalue weighted by molar-refractivity contribution is 0.0992. The minimum absolute atomic E-state index is 0.130. The Balaban J connectivity index is 1.44. The summed E-state index contributed by atoms with van der Waals surface area (Å²) in [4.78, 5) is 12.8. The fraction of sp³-hybridized carbons (Fsp3) is 0.167. The fourth-order valence-electron chi connectivity index (χ4n) is 3.31. The molecule has 0 saturated carbocycles. The molecule has 0 fully saturated rings. The molecule has 0 radical (unpaired) electrons. The minimum Gasteiger partial charge on any atom is -0.484 e. The average molecular weight is 488 g/mol. The van der Waals surface area contributed by atoms with E-state index in [4.69, 9.17) is 32.4 Å². The monoisotopic (exact) mass is 487 g/mol. The first-order chi connectivity index (χ1) is 15.8. The van der Waals surface area contributed by atoms with Gasteiger partial charge in [0.05, 0.1) is 28.6 Å². The predicted octanol–water partition coefficient (Wildman–Crippen LogP) is 6.42. The summed E-state index contributed by atoms with van der Waals surface area (Å²) >= 11 is 12.2. The van der Waals surface area contributed by atoms with E-state index in [1.165, 1.54) is 12.1 Å². The average Bonchev–Trinajstić information content (AvgIpc) is 3.35. The van der Waals surface area contributed by atoms with Gasteiger partial charge >= 0.3 is 0 Å². The maximum atomic E-state index is 13.3. The van der Waals surface area contributed by atoms with E-state index < -0.39 is 11.7 Å². The van der Waals surface area contributed by atoms with Crippen molar-refractivity contribution in [2.75, 3.05) is 5.32 Å². The summed E-state index contributed by atoms with van der Waals surface area (Å²) in [5.41, 5.74) is 2.65. The Bertz CT molecular complexity index is 1320. The third-order valence-corrected chi connectivity index (χ3v) is 5.71. The fourth-order valence-corrected chi connectivity index (χ4v) is 3.72. The molecule has 2 aromatic carbocycles. The SMILES string of the molecule is Cc1nn(Cc2ccc(F)cc2Cl)c(C)c1NC(=O)c1ccc(COc2ccccc2Cl)o1. The summed E-state index contributed by atoms with van der Waals surface area (Å²) in [5.74, 6) is 0.335. The van der Waals surface area contributed by atoms with Gasteiger partial charge in [-0.25, -0.2) is 4.39 Å². The number of rotatable bonds is 7. The van der Waals surface area contributed by atoms with Crippen molar-refractivity contribution in [3.8, 4) is 5.75 Å². The molecule has 2 heterocycles. The predicted molar refractivity (Wildman–Crippen MR) is 125 cm³/mol. The van der Waals surface area contributed by atoms with E-state index in [9.17, 15) is 9.18 Å². The van der Waals surface area contributed by atoms with E-state index in [0.717, 1.165) is 11.3 Å². The molecule has 170 valence electrons. The van der Waals surface area contributed by atoms with Gasteiger partial charge in [-0.15, -0.1) is 0 Å². The van der Waals surface area contributed by atoms with Crippen molar-refractivity contribution < 1.29 is 18.3 Å². The molecule has 33 heavy (non-hydrogen) atoms.